The molecule has 3 aromatic heterocycles. The standard InChI is InChI=1S/C31H30F5N7O3/c1-4-46-20-10-16(28(44)40-22-11-17(7-8-38-22)31(34,35)36)9-19(32)23(20)24-25-26(37)39-13-21(33)43(25)27(41-24)15-5-6-18-12-30(2,3)29(45)42(18)14-15/h7-11,13,15,18H,4-6,12,14H2,1-3H3,(H2,37,39)(H,38,40,44)/t15-,18+/m1/s1. The molecule has 0 unspecified atom stereocenters. The zero-order chi connectivity index (χ0) is 33.1. The topological polar surface area (TPSA) is 128 Å². The van der Waals surface area contributed by atoms with Gasteiger partial charge in [0.25, 0.3) is 5.91 Å². The predicted octanol–water partition coefficient (Wildman–Crippen LogP) is 5.83. The van der Waals surface area contributed by atoms with Crippen molar-refractivity contribution in [3.05, 3.63) is 65.4 Å². The predicted molar refractivity (Wildman–Crippen MR) is 157 cm³/mol. The van der Waals surface area contributed by atoms with E-state index in [0.717, 1.165) is 24.5 Å². The smallest absolute Gasteiger partial charge is 0.416 e. The number of halogens is 5. The molecule has 0 saturated carbocycles. The van der Waals surface area contributed by atoms with Crippen LogP contribution in [0.5, 0.6) is 5.75 Å². The largest absolute Gasteiger partial charge is 0.493 e. The van der Waals surface area contributed by atoms with Crippen molar-refractivity contribution in [3.8, 4) is 17.0 Å². The van der Waals surface area contributed by atoms with Gasteiger partial charge in [-0.3, -0.25) is 14.0 Å². The molecule has 242 valence electrons. The Hall–Kier alpha value is -4.82. The maximum atomic E-state index is 16.1. The highest BCUT2D eigenvalue weighted by Crippen LogP contribution is 2.45. The molecule has 2 aliphatic rings. The number of anilines is 2. The first-order valence-corrected chi connectivity index (χ1v) is 14.6. The number of hydrogen-bond acceptors (Lipinski definition) is 7. The number of rotatable bonds is 6. The third-order valence-corrected chi connectivity index (χ3v) is 8.51. The molecule has 1 aromatic carbocycles. The summed E-state index contributed by atoms with van der Waals surface area (Å²) in [5, 5.41) is 2.24. The number of alkyl halides is 3. The molecule has 0 bridgehead atoms. The normalized spacial score (nSPS) is 19.4. The Balaban J connectivity index is 1.42. The molecule has 46 heavy (non-hydrogen) atoms. The fourth-order valence-corrected chi connectivity index (χ4v) is 6.42. The second-order valence-corrected chi connectivity index (χ2v) is 12.1. The minimum absolute atomic E-state index is 0.00353. The van der Waals surface area contributed by atoms with Crippen molar-refractivity contribution >= 4 is 29.0 Å². The van der Waals surface area contributed by atoms with Crippen molar-refractivity contribution in [3.63, 3.8) is 0 Å². The van der Waals surface area contributed by atoms with E-state index in [0.29, 0.717) is 25.3 Å². The van der Waals surface area contributed by atoms with Crippen LogP contribution in [0.3, 0.4) is 0 Å². The third-order valence-electron chi connectivity index (χ3n) is 8.51. The highest BCUT2D eigenvalue weighted by molar-refractivity contribution is 6.05. The van der Waals surface area contributed by atoms with Gasteiger partial charge < -0.3 is 20.7 Å². The van der Waals surface area contributed by atoms with Crippen LogP contribution in [0, 0.1) is 17.2 Å². The third kappa shape index (κ3) is 5.36. The lowest BCUT2D eigenvalue weighted by atomic mass is 9.87. The number of ether oxygens (including phenoxy) is 1. The lowest BCUT2D eigenvalue weighted by Gasteiger charge is -2.34. The van der Waals surface area contributed by atoms with Gasteiger partial charge in [-0.1, -0.05) is 13.8 Å². The molecule has 10 nitrogen and oxygen atoms in total. The number of nitrogens with zero attached hydrogens (tertiary/aromatic N) is 5. The van der Waals surface area contributed by atoms with E-state index in [1.54, 1.807) is 11.8 Å². The van der Waals surface area contributed by atoms with Crippen LogP contribution in [0.1, 0.15) is 67.7 Å². The number of imidazole rings is 1. The molecule has 15 heteroatoms. The number of benzene rings is 1. The number of carbonyl (C=O) groups excluding carboxylic acids is 2. The SMILES string of the molecule is CCOc1cc(C(=O)Nc2cc(C(F)(F)F)ccn2)cc(F)c1-c1nc([C@@H]2CC[C@H]3CC(C)(C)C(=O)N3C2)n2c(F)cnc(N)c12. The van der Waals surface area contributed by atoms with Crippen LogP contribution >= 0.6 is 0 Å². The number of nitrogens with one attached hydrogen (secondary N) is 1. The highest BCUT2D eigenvalue weighted by Gasteiger charge is 2.48. The van der Waals surface area contributed by atoms with Crippen LogP contribution in [0.2, 0.25) is 0 Å². The molecule has 0 radical (unpaired) electrons. The van der Waals surface area contributed by atoms with Gasteiger partial charge in [-0.25, -0.2) is 19.3 Å². The molecule has 3 N–H and O–H groups in total. The molecule has 5 heterocycles. The van der Waals surface area contributed by atoms with Gasteiger partial charge in [0.1, 0.15) is 40.2 Å². The van der Waals surface area contributed by atoms with Crippen LogP contribution in [-0.4, -0.2) is 55.3 Å². The van der Waals surface area contributed by atoms with E-state index in [4.69, 9.17) is 10.5 Å². The first-order valence-electron chi connectivity index (χ1n) is 14.6. The Morgan fingerprint density at radius 1 is 1.17 bits per heavy atom. The van der Waals surface area contributed by atoms with Gasteiger partial charge in [0, 0.05) is 35.7 Å². The van der Waals surface area contributed by atoms with Gasteiger partial charge in [-0.15, -0.1) is 0 Å². The molecule has 2 saturated heterocycles. The van der Waals surface area contributed by atoms with Crippen molar-refractivity contribution in [1.29, 1.82) is 0 Å². The van der Waals surface area contributed by atoms with Gasteiger partial charge in [0.15, 0.2) is 0 Å². The summed E-state index contributed by atoms with van der Waals surface area (Å²) >= 11 is 0. The molecular weight excluding hydrogens is 613 g/mol. The molecule has 2 fully saturated rings. The minimum atomic E-state index is -4.67. The first-order chi connectivity index (χ1) is 21.7. The lowest BCUT2D eigenvalue weighted by molar-refractivity contribution is -0.138. The summed E-state index contributed by atoms with van der Waals surface area (Å²) in [6, 6.07) is 3.53. The minimum Gasteiger partial charge on any atom is -0.493 e. The second-order valence-electron chi connectivity index (χ2n) is 12.1. The summed E-state index contributed by atoms with van der Waals surface area (Å²) in [5.41, 5.74) is 4.08. The molecule has 2 atom stereocenters. The molecule has 0 aliphatic carbocycles. The zero-order valence-corrected chi connectivity index (χ0v) is 25.1. The summed E-state index contributed by atoms with van der Waals surface area (Å²) < 4.78 is 77.9. The second kappa shape index (κ2) is 11.2. The number of carbonyl (C=O) groups is 2. The van der Waals surface area contributed by atoms with Crippen LogP contribution in [-0.2, 0) is 11.0 Å². The molecule has 0 spiro atoms. The zero-order valence-electron chi connectivity index (χ0n) is 25.1. The summed E-state index contributed by atoms with van der Waals surface area (Å²) in [6.45, 7) is 5.74. The summed E-state index contributed by atoms with van der Waals surface area (Å²) in [6.07, 6.45) is -0.865. The maximum absolute atomic E-state index is 16.1. The van der Waals surface area contributed by atoms with Gasteiger partial charge in [0.2, 0.25) is 11.9 Å². The molecule has 2 aliphatic heterocycles. The number of piperidine rings is 1. The Morgan fingerprint density at radius 3 is 2.65 bits per heavy atom. The van der Waals surface area contributed by atoms with Gasteiger partial charge in [-0.05, 0) is 50.5 Å². The van der Waals surface area contributed by atoms with Gasteiger partial charge in [0.05, 0.1) is 23.9 Å². The quantitative estimate of drug-likeness (QED) is 0.253. The number of amides is 2. The van der Waals surface area contributed by atoms with E-state index in [1.165, 1.54) is 10.5 Å². The van der Waals surface area contributed by atoms with Crippen LogP contribution < -0.4 is 15.8 Å². The van der Waals surface area contributed by atoms with Gasteiger partial charge in [-0.2, -0.15) is 17.6 Å². The summed E-state index contributed by atoms with van der Waals surface area (Å²) in [5.74, 6) is -3.57. The number of nitrogen functional groups attached to an aromatic ring is 1. The van der Waals surface area contributed by atoms with E-state index in [-0.39, 0.29) is 64.8 Å². The average Bonchev–Trinajstić information content (AvgIpc) is 3.50. The molecular formula is C31H30F5N7O3. The van der Waals surface area contributed by atoms with E-state index in [2.05, 4.69) is 20.3 Å². The van der Waals surface area contributed by atoms with Crippen molar-refractivity contribution in [2.24, 2.45) is 5.41 Å². The number of nitrogens with two attached hydrogens (primary N) is 1. The van der Waals surface area contributed by atoms with Crippen molar-refractivity contribution in [1.82, 2.24) is 24.3 Å². The Kier molecular flexibility index (Phi) is 7.60. The van der Waals surface area contributed by atoms with Crippen molar-refractivity contribution in [2.45, 2.75) is 58.2 Å². The Bertz CT molecular complexity index is 1870. The van der Waals surface area contributed by atoms with Crippen molar-refractivity contribution in [2.75, 3.05) is 24.2 Å². The summed E-state index contributed by atoms with van der Waals surface area (Å²) in [7, 11) is 0. The van der Waals surface area contributed by atoms with Crippen LogP contribution in [0.25, 0.3) is 16.8 Å². The van der Waals surface area contributed by atoms with E-state index in [9.17, 15) is 22.8 Å². The van der Waals surface area contributed by atoms with Crippen LogP contribution in [0.15, 0.2) is 36.7 Å². The van der Waals surface area contributed by atoms with Crippen molar-refractivity contribution < 1.29 is 36.3 Å². The Labute approximate surface area is 259 Å². The van der Waals surface area contributed by atoms with Crippen LogP contribution in [0.4, 0.5) is 33.6 Å². The fraction of sp³-hybridized carbons (Fsp3) is 0.387. The van der Waals surface area contributed by atoms with E-state index >= 15 is 8.78 Å². The van der Waals surface area contributed by atoms with E-state index < -0.39 is 46.6 Å². The molecule has 2 amide bonds. The Morgan fingerprint density at radius 2 is 1.93 bits per heavy atom. The maximum Gasteiger partial charge on any atom is 0.416 e. The monoisotopic (exact) mass is 643 g/mol. The summed E-state index contributed by atoms with van der Waals surface area (Å²) in [4.78, 5) is 40.3. The molecule has 6 rings (SSSR count). The number of aromatic nitrogens is 4. The molecule has 4 aromatic rings. The van der Waals surface area contributed by atoms with Gasteiger partial charge >= 0.3 is 6.18 Å². The highest BCUT2D eigenvalue weighted by atomic mass is 19.4. The van der Waals surface area contributed by atoms with E-state index in [1.807, 2.05) is 13.8 Å². The number of hydrogen-bond donors (Lipinski definition) is 2. The average molecular weight is 644 g/mol. The lowest BCUT2D eigenvalue weighted by Crippen LogP contribution is -2.42. The fourth-order valence-electron chi connectivity index (χ4n) is 6.42. The first kappa shape index (κ1) is 31.2. The number of fused-ring (bicyclic) bond motifs is 2. The number of pyridine rings is 1.